The van der Waals surface area contributed by atoms with Crippen LogP contribution in [-0.4, -0.2) is 16.8 Å². The number of hydrogen-bond acceptors (Lipinski definition) is 3. The fourth-order valence-corrected chi connectivity index (χ4v) is 1.54. The van der Waals surface area contributed by atoms with E-state index in [4.69, 9.17) is 0 Å². The SMILES string of the molecule is C=CCc1cc(C(C)=O)c(NC(C)=O)cc1O. The van der Waals surface area contributed by atoms with Crippen LogP contribution in [0.15, 0.2) is 24.8 Å². The van der Waals surface area contributed by atoms with Gasteiger partial charge in [0.05, 0.1) is 5.69 Å². The highest BCUT2D eigenvalue weighted by molar-refractivity contribution is 6.03. The van der Waals surface area contributed by atoms with Crippen molar-refractivity contribution in [3.05, 3.63) is 35.9 Å². The molecule has 17 heavy (non-hydrogen) atoms. The number of benzene rings is 1. The van der Waals surface area contributed by atoms with Gasteiger partial charge >= 0.3 is 0 Å². The predicted octanol–water partition coefficient (Wildman–Crippen LogP) is 2.28. The Labute approximate surface area is 100.0 Å². The number of ketones is 1. The van der Waals surface area contributed by atoms with Crippen LogP contribution in [0, 0.1) is 0 Å². The Kier molecular flexibility index (Phi) is 4.04. The highest BCUT2D eigenvalue weighted by Gasteiger charge is 2.12. The van der Waals surface area contributed by atoms with Crippen LogP contribution in [0.2, 0.25) is 0 Å². The number of hydrogen-bond donors (Lipinski definition) is 2. The van der Waals surface area contributed by atoms with E-state index in [1.165, 1.54) is 19.9 Å². The van der Waals surface area contributed by atoms with E-state index in [0.29, 0.717) is 23.2 Å². The first-order valence-corrected chi connectivity index (χ1v) is 5.21. The first-order valence-electron chi connectivity index (χ1n) is 5.21. The van der Waals surface area contributed by atoms with E-state index in [1.807, 2.05) is 0 Å². The molecule has 0 bridgehead atoms. The molecule has 1 aromatic carbocycles. The summed E-state index contributed by atoms with van der Waals surface area (Å²) in [6, 6.07) is 2.96. The lowest BCUT2D eigenvalue weighted by Gasteiger charge is -2.11. The number of carbonyl (C=O) groups is 2. The van der Waals surface area contributed by atoms with Gasteiger partial charge < -0.3 is 10.4 Å². The van der Waals surface area contributed by atoms with Crippen molar-refractivity contribution in [3.63, 3.8) is 0 Å². The van der Waals surface area contributed by atoms with Gasteiger partial charge in [0.25, 0.3) is 0 Å². The van der Waals surface area contributed by atoms with Crippen LogP contribution in [0.1, 0.15) is 29.8 Å². The molecule has 1 rings (SSSR count). The van der Waals surface area contributed by atoms with Crippen LogP contribution in [0.4, 0.5) is 5.69 Å². The Bertz CT molecular complexity index is 478. The zero-order valence-electron chi connectivity index (χ0n) is 9.91. The average Bonchev–Trinajstić information content (AvgIpc) is 2.20. The molecule has 0 unspecified atom stereocenters. The quantitative estimate of drug-likeness (QED) is 0.619. The van der Waals surface area contributed by atoms with E-state index >= 15 is 0 Å². The van der Waals surface area contributed by atoms with E-state index in [1.54, 1.807) is 12.1 Å². The number of aromatic hydroxyl groups is 1. The molecule has 0 aliphatic heterocycles. The highest BCUT2D eigenvalue weighted by Crippen LogP contribution is 2.27. The van der Waals surface area contributed by atoms with Crippen LogP contribution in [0.3, 0.4) is 0 Å². The second-order valence-electron chi connectivity index (χ2n) is 3.76. The zero-order chi connectivity index (χ0) is 13.0. The Balaban J connectivity index is 3.29. The monoisotopic (exact) mass is 233 g/mol. The summed E-state index contributed by atoms with van der Waals surface area (Å²) in [4.78, 5) is 22.4. The van der Waals surface area contributed by atoms with Crippen molar-refractivity contribution in [2.24, 2.45) is 0 Å². The molecule has 0 atom stereocenters. The third-order valence-corrected chi connectivity index (χ3v) is 2.27. The van der Waals surface area contributed by atoms with Gasteiger partial charge in [-0.25, -0.2) is 0 Å². The molecule has 0 aliphatic rings. The Morgan fingerprint density at radius 2 is 2.06 bits per heavy atom. The second-order valence-corrected chi connectivity index (χ2v) is 3.76. The molecule has 0 spiro atoms. The molecule has 0 heterocycles. The average molecular weight is 233 g/mol. The summed E-state index contributed by atoms with van der Waals surface area (Å²) in [7, 11) is 0. The van der Waals surface area contributed by atoms with Crippen LogP contribution in [0.25, 0.3) is 0 Å². The van der Waals surface area contributed by atoms with Gasteiger partial charge in [0, 0.05) is 18.6 Å². The lowest BCUT2D eigenvalue weighted by molar-refractivity contribution is -0.114. The number of phenols is 1. The van der Waals surface area contributed by atoms with Gasteiger partial charge in [-0.2, -0.15) is 0 Å². The molecule has 0 saturated carbocycles. The number of phenolic OH excluding ortho intramolecular Hbond substituents is 1. The Morgan fingerprint density at radius 3 is 2.53 bits per heavy atom. The summed E-state index contributed by atoms with van der Waals surface area (Å²) in [6.07, 6.45) is 2.10. The standard InChI is InChI=1S/C13H15NO3/c1-4-5-10-6-11(8(2)15)12(7-13(10)17)14-9(3)16/h4,6-7,17H,1,5H2,2-3H3,(H,14,16). The van der Waals surface area contributed by atoms with E-state index in [0.717, 1.165) is 0 Å². The summed E-state index contributed by atoms with van der Waals surface area (Å²) >= 11 is 0. The van der Waals surface area contributed by atoms with Gasteiger partial charge in [0.15, 0.2) is 5.78 Å². The molecule has 0 fully saturated rings. The normalized spacial score (nSPS) is 9.76. The van der Waals surface area contributed by atoms with Crippen LogP contribution < -0.4 is 5.32 Å². The number of Topliss-reactive ketones (excluding diaryl/α,β-unsaturated/α-hetero) is 1. The van der Waals surface area contributed by atoms with Crippen molar-refractivity contribution in [2.75, 3.05) is 5.32 Å². The van der Waals surface area contributed by atoms with Crippen molar-refractivity contribution in [1.82, 2.24) is 0 Å². The minimum absolute atomic E-state index is 0.0404. The molecule has 0 aromatic heterocycles. The van der Waals surface area contributed by atoms with Crippen LogP contribution >= 0.6 is 0 Å². The van der Waals surface area contributed by atoms with Gasteiger partial charge in [-0.3, -0.25) is 9.59 Å². The molecule has 0 radical (unpaired) electrons. The summed E-state index contributed by atoms with van der Waals surface area (Å²) in [5.41, 5.74) is 1.32. The number of rotatable bonds is 4. The smallest absolute Gasteiger partial charge is 0.221 e. The number of nitrogens with one attached hydrogen (secondary N) is 1. The fraction of sp³-hybridized carbons (Fsp3) is 0.231. The van der Waals surface area contributed by atoms with E-state index < -0.39 is 0 Å². The first kappa shape index (κ1) is 13.0. The maximum absolute atomic E-state index is 11.5. The lowest BCUT2D eigenvalue weighted by Crippen LogP contribution is -2.10. The first-order chi connectivity index (χ1) is 7.95. The number of amides is 1. The second kappa shape index (κ2) is 5.30. The molecule has 4 heteroatoms. The van der Waals surface area contributed by atoms with Crippen molar-refractivity contribution >= 4 is 17.4 Å². The van der Waals surface area contributed by atoms with E-state index in [9.17, 15) is 14.7 Å². The molecule has 4 nitrogen and oxygen atoms in total. The largest absolute Gasteiger partial charge is 0.508 e. The Morgan fingerprint density at radius 1 is 1.41 bits per heavy atom. The lowest BCUT2D eigenvalue weighted by atomic mass is 10.0. The topological polar surface area (TPSA) is 66.4 Å². The van der Waals surface area contributed by atoms with Crippen molar-refractivity contribution < 1.29 is 14.7 Å². The maximum Gasteiger partial charge on any atom is 0.221 e. The molecule has 2 N–H and O–H groups in total. The van der Waals surface area contributed by atoms with Gasteiger partial charge in [-0.05, 0) is 25.0 Å². The minimum atomic E-state index is -0.289. The predicted molar refractivity (Wildman–Crippen MR) is 66.3 cm³/mol. The molecular weight excluding hydrogens is 218 g/mol. The molecule has 0 saturated heterocycles. The molecule has 90 valence electrons. The van der Waals surface area contributed by atoms with Crippen LogP contribution in [-0.2, 0) is 11.2 Å². The summed E-state index contributed by atoms with van der Waals surface area (Å²) in [5, 5.41) is 12.3. The van der Waals surface area contributed by atoms with Gasteiger partial charge in [0.2, 0.25) is 5.91 Å². The summed E-state index contributed by atoms with van der Waals surface area (Å²) in [5.74, 6) is -0.416. The summed E-state index contributed by atoms with van der Waals surface area (Å²) in [6.45, 7) is 6.33. The van der Waals surface area contributed by atoms with Gasteiger partial charge in [-0.1, -0.05) is 6.08 Å². The van der Waals surface area contributed by atoms with Gasteiger partial charge in [-0.15, -0.1) is 6.58 Å². The number of anilines is 1. The number of carbonyl (C=O) groups excluding carboxylic acids is 2. The third-order valence-electron chi connectivity index (χ3n) is 2.27. The van der Waals surface area contributed by atoms with E-state index in [-0.39, 0.29) is 17.4 Å². The number of allylic oxidation sites excluding steroid dienone is 1. The van der Waals surface area contributed by atoms with Gasteiger partial charge in [0.1, 0.15) is 5.75 Å². The van der Waals surface area contributed by atoms with Crippen molar-refractivity contribution in [2.45, 2.75) is 20.3 Å². The maximum atomic E-state index is 11.5. The Hall–Kier alpha value is -2.10. The minimum Gasteiger partial charge on any atom is -0.508 e. The molecule has 0 aliphatic carbocycles. The van der Waals surface area contributed by atoms with Crippen LogP contribution in [0.5, 0.6) is 5.75 Å². The third kappa shape index (κ3) is 3.17. The molecule has 1 aromatic rings. The van der Waals surface area contributed by atoms with E-state index in [2.05, 4.69) is 11.9 Å². The van der Waals surface area contributed by atoms with Crippen molar-refractivity contribution in [1.29, 1.82) is 0 Å². The fourth-order valence-electron chi connectivity index (χ4n) is 1.54. The zero-order valence-corrected chi connectivity index (χ0v) is 9.91. The highest BCUT2D eigenvalue weighted by atomic mass is 16.3. The molecule has 1 amide bonds. The summed E-state index contributed by atoms with van der Waals surface area (Å²) < 4.78 is 0. The molecular formula is C13H15NO3. The van der Waals surface area contributed by atoms with Crippen molar-refractivity contribution in [3.8, 4) is 5.75 Å².